The van der Waals surface area contributed by atoms with Gasteiger partial charge in [-0.3, -0.25) is 14.9 Å². The molecular formula is C32H35NO4. The van der Waals surface area contributed by atoms with Crippen molar-refractivity contribution in [3.63, 3.8) is 0 Å². The molecule has 37 heavy (non-hydrogen) atoms. The fraction of sp³-hybridized carbons (Fsp3) is 0.375. The Hall–Kier alpha value is -3.28. The molecule has 2 N–H and O–H groups in total. The van der Waals surface area contributed by atoms with E-state index in [1.807, 2.05) is 63.2 Å². The van der Waals surface area contributed by atoms with E-state index in [9.17, 15) is 14.7 Å². The summed E-state index contributed by atoms with van der Waals surface area (Å²) in [5.74, 6) is -0.804. The summed E-state index contributed by atoms with van der Waals surface area (Å²) >= 11 is 0. The first-order valence-electron chi connectivity index (χ1n) is 13.2. The predicted octanol–water partition coefficient (Wildman–Crippen LogP) is 5.38. The lowest BCUT2D eigenvalue weighted by Crippen LogP contribution is -2.54. The molecule has 1 fully saturated rings. The fourth-order valence-electron chi connectivity index (χ4n) is 5.98. The van der Waals surface area contributed by atoms with Crippen LogP contribution in [0, 0.1) is 5.92 Å². The molecule has 3 aromatic carbocycles. The number of fused-ring (bicyclic) bond motifs is 3. The lowest BCUT2D eigenvalue weighted by atomic mass is 9.79. The molecule has 0 radical (unpaired) electrons. The molecule has 3 unspecified atom stereocenters. The molecule has 0 aliphatic heterocycles. The SMILES string of the molecule is CC(C)(C)OC(=O)C(CC(O)C1CCCC1=O)NC1(c2ccccc2)c2ccccc2-c2ccccc21. The minimum absolute atomic E-state index is 0.0739. The van der Waals surface area contributed by atoms with Crippen molar-refractivity contribution in [3.05, 3.63) is 95.6 Å². The van der Waals surface area contributed by atoms with E-state index in [1.54, 1.807) is 0 Å². The lowest BCUT2D eigenvalue weighted by molar-refractivity contribution is -0.159. The molecule has 3 atom stereocenters. The van der Waals surface area contributed by atoms with Gasteiger partial charge < -0.3 is 9.84 Å². The van der Waals surface area contributed by atoms with Gasteiger partial charge in [-0.25, -0.2) is 0 Å². The Bertz CT molecular complexity index is 1250. The highest BCUT2D eigenvalue weighted by atomic mass is 16.6. The Morgan fingerprint density at radius 2 is 1.54 bits per heavy atom. The van der Waals surface area contributed by atoms with Crippen LogP contribution in [-0.2, 0) is 19.9 Å². The Labute approximate surface area is 218 Å². The molecule has 192 valence electrons. The van der Waals surface area contributed by atoms with Crippen molar-refractivity contribution in [2.24, 2.45) is 5.92 Å². The number of ketones is 1. The highest BCUT2D eigenvalue weighted by Crippen LogP contribution is 2.51. The van der Waals surface area contributed by atoms with Crippen molar-refractivity contribution >= 4 is 11.8 Å². The van der Waals surface area contributed by atoms with E-state index in [1.165, 1.54) is 0 Å². The summed E-state index contributed by atoms with van der Waals surface area (Å²) in [6.07, 6.45) is 1.07. The summed E-state index contributed by atoms with van der Waals surface area (Å²) in [6, 6.07) is 25.7. The van der Waals surface area contributed by atoms with E-state index in [2.05, 4.69) is 41.7 Å². The van der Waals surface area contributed by atoms with Crippen LogP contribution < -0.4 is 5.32 Å². The first kappa shape index (κ1) is 25.4. The van der Waals surface area contributed by atoms with Crippen molar-refractivity contribution < 1.29 is 19.4 Å². The second-order valence-corrected chi connectivity index (χ2v) is 11.2. The summed E-state index contributed by atoms with van der Waals surface area (Å²) in [6.45, 7) is 5.52. The molecular weight excluding hydrogens is 462 g/mol. The van der Waals surface area contributed by atoms with Gasteiger partial charge in [0.25, 0.3) is 0 Å². The summed E-state index contributed by atoms with van der Waals surface area (Å²) < 4.78 is 5.86. The zero-order valence-corrected chi connectivity index (χ0v) is 21.7. The van der Waals surface area contributed by atoms with Gasteiger partial charge in [-0.1, -0.05) is 78.9 Å². The lowest BCUT2D eigenvalue weighted by Gasteiger charge is -2.38. The van der Waals surface area contributed by atoms with Crippen molar-refractivity contribution in [1.29, 1.82) is 0 Å². The van der Waals surface area contributed by atoms with E-state index < -0.39 is 35.2 Å². The van der Waals surface area contributed by atoms with Crippen LogP contribution in [0.1, 0.15) is 63.1 Å². The number of nitrogens with one attached hydrogen (secondary N) is 1. The van der Waals surface area contributed by atoms with Crippen LogP contribution in [-0.4, -0.2) is 34.6 Å². The summed E-state index contributed by atoms with van der Waals surface area (Å²) in [5, 5.41) is 14.9. The number of carbonyl (C=O) groups excluding carboxylic acids is 2. The Balaban J connectivity index is 1.64. The summed E-state index contributed by atoms with van der Waals surface area (Å²) in [5.41, 5.74) is 3.75. The molecule has 0 heterocycles. The molecule has 3 aromatic rings. The van der Waals surface area contributed by atoms with Crippen molar-refractivity contribution in [3.8, 4) is 11.1 Å². The van der Waals surface area contributed by atoms with Gasteiger partial charge >= 0.3 is 5.97 Å². The molecule has 5 nitrogen and oxygen atoms in total. The highest BCUT2D eigenvalue weighted by molar-refractivity contribution is 5.85. The standard InChI is InChI=1S/C32H35NO4/c1-31(2,3)37-30(36)27(20-29(35)24-16-11-19-28(24)34)33-32(21-12-5-4-6-13-21)25-17-9-7-14-22(25)23-15-8-10-18-26(23)32/h4-10,12-15,17-18,24,27,29,33,35H,11,16,19-20H2,1-3H3. The van der Waals surface area contributed by atoms with Gasteiger partial charge in [0.1, 0.15) is 17.4 Å². The zero-order valence-electron chi connectivity index (χ0n) is 21.7. The zero-order chi connectivity index (χ0) is 26.2. The van der Waals surface area contributed by atoms with Crippen LogP contribution >= 0.6 is 0 Å². The predicted molar refractivity (Wildman–Crippen MR) is 144 cm³/mol. The first-order chi connectivity index (χ1) is 17.7. The molecule has 0 spiro atoms. The number of esters is 1. The molecule has 2 aliphatic rings. The van der Waals surface area contributed by atoms with Crippen LogP contribution in [0.4, 0.5) is 0 Å². The van der Waals surface area contributed by atoms with Crippen molar-refractivity contribution in [2.45, 2.75) is 69.7 Å². The average molecular weight is 498 g/mol. The van der Waals surface area contributed by atoms with Gasteiger partial charge in [0.05, 0.1) is 11.6 Å². The van der Waals surface area contributed by atoms with Crippen LogP contribution in [0.25, 0.3) is 11.1 Å². The van der Waals surface area contributed by atoms with Gasteiger partial charge in [0, 0.05) is 18.8 Å². The number of ether oxygens (including phenoxy) is 1. The van der Waals surface area contributed by atoms with Gasteiger partial charge in [0.15, 0.2) is 0 Å². The molecule has 0 aromatic heterocycles. The molecule has 5 rings (SSSR count). The summed E-state index contributed by atoms with van der Waals surface area (Å²) in [4.78, 5) is 26.2. The van der Waals surface area contributed by atoms with E-state index in [4.69, 9.17) is 4.74 Å². The topological polar surface area (TPSA) is 75.6 Å². The fourth-order valence-corrected chi connectivity index (χ4v) is 5.98. The number of benzene rings is 3. The second kappa shape index (κ2) is 9.88. The minimum atomic E-state index is -0.931. The van der Waals surface area contributed by atoms with E-state index in [-0.39, 0.29) is 12.2 Å². The van der Waals surface area contributed by atoms with E-state index >= 15 is 0 Å². The largest absolute Gasteiger partial charge is 0.459 e. The quantitative estimate of drug-likeness (QED) is 0.429. The van der Waals surface area contributed by atoms with Gasteiger partial charge in [-0.05, 0) is 61.4 Å². The molecule has 5 heteroatoms. The van der Waals surface area contributed by atoms with Crippen molar-refractivity contribution in [2.75, 3.05) is 0 Å². The maximum Gasteiger partial charge on any atom is 0.323 e. The maximum absolute atomic E-state index is 13.7. The molecule has 0 saturated heterocycles. The highest BCUT2D eigenvalue weighted by Gasteiger charge is 2.48. The maximum atomic E-state index is 13.7. The third-order valence-electron chi connectivity index (χ3n) is 7.53. The van der Waals surface area contributed by atoms with E-state index in [0.29, 0.717) is 12.8 Å². The van der Waals surface area contributed by atoms with Crippen molar-refractivity contribution in [1.82, 2.24) is 5.32 Å². The smallest absolute Gasteiger partial charge is 0.323 e. The number of aliphatic hydroxyl groups is 1. The third kappa shape index (κ3) is 4.74. The minimum Gasteiger partial charge on any atom is -0.459 e. The number of rotatable bonds is 7. The number of aliphatic hydroxyl groups excluding tert-OH is 1. The Kier molecular flexibility index (Phi) is 6.78. The number of hydrogen-bond donors (Lipinski definition) is 2. The monoisotopic (exact) mass is 497 g/mol. The Morgan fingerprint density at radius 3 is 2.08 bits per heavy atom. The van der Waals surface area contributed by atoms with Gasteiger partial charge in [0.2, 0.25) is 0 Å². The molecule has 1 saturated carbocycles. The average Bonchev–Trinajstić information content (AvgIpc) is 3.43. The number of Topliss-reactive ketones (excluding diaryl/α,β-unsaturated/α-hetero) is 1. The summed E-state index contributed by atoms with van der Waals surface area (Å²) in [7, 11) is 0. The third-order valence-corrected chi connectivity index (χ3v) is 7.53. The molecule has 0 bridgehead atoms. The molecule has 2 aliphatic carbocycles. The number of hydrogen-bond acceptors (Lipinski definition) is 5. The van der Waals surface area contributed by atoms with Gasteiger partial charge in [-0.15, -0.1) is 0 Å². The molecule has 0 amide bonds. The van der Waals surface area contributed by atoms with Crippen LogP contribution in [0.2, 0.25) is 0 Å². The van der Waals surface area contributed by atoms with Crippen LogP contribution in [0.15, 0.2) is 78.9 Å². The second-order valence-electron chi connectivity index (χ2n) is 11.2. The van der Waals surface area contributed by atoms with Crippen LogP contribution in [0.5, 0.6) is 0 Å². The first-order valence-corrected chi connectivity index (χ1v) is 13.2. The van der Waals surface area contributed by atoms with E-state index in [0.717, 1.165) is 34.2 Å². The number of carbonyl (C=O) groups is 2. The normalized spacial score (nSPS) is 19.7. The van der Waals surface area contributed by atoms with Gasteiger partial charge in [-0.2, -0.15) is 0 Å². The Morgan fingerprint density at radius 1 is 0.973 bits per heavy atom. The van der Waals surface area contributed by atoms with Crippen LogP contribution in [0.3, 0.4) is 0 Å².